The van der Waals surface area contributed by atoms with Crippen molar-refractivity contribution < 1.29 is 14.0 Å². The number of nitrogens with zero attached hydrogens (tertiary/aromatic N) is 1. The molecule has 2 amide bonds. The van der Waals surface area contributed by atoms with Crippen LogP contribution in [0.5, 0.6) is 0 Å². The van der Waals surface area contributed by atoms with Crippen LogP contribution in [0.3, 0.4) is 0 Å². The summed E-state index contributed by atoms with van der Waals surface area (Å²) in [5.41, 5.74) is 2.27. The van der Waals surface area contributed by atoms with Crippen molar-refractivity contribution in [3.05, 3.63) is 71.0 Å². The van der Waals surface area contributed by atoms with Crippen molar-refractivity contribution in [3.63, 3.8) is 0 Å². The molecule has 0 radical (unpaired) electrons. The van der Waals surface area contributed by atoms with E-state index in [1.54, 1.807) is 0 Å². The minimum absolute atomic E-state index is 0.0276. The third kappa shape index (κ3) is 3.55. The van der Waals surface area contributed by atoms with E-state index in [1.165, 1.54) is 40.8 Å². The number of hydrogen-bond acceptors (Lipinski definition) is 3. The van der Waals surface area contributed by atoms with Crippen molar-refractivity contribution in [2.45, 2.75) is 19.8 Å². The molecule has 0 aromatic heterocycles. The number of nitrogens with one attached hydrogen (secondary N) is 1. The fraction of sp³-hybridized carbons (Fsp3) is 0.150. The molecule has 132 valence electrons. The fourth-order valence-electron chi connectivity index (χ4n) is 2.63. The monoisotopic (exact) mass is 368 g/mol. The van der Waals surface area contributed by atoms with Gasteiger partial charge in [0.25, 0.3) is 11.8 Å². The summed E-state index contributed by atoms with van der Waals surface area (Å²) in [5, 5.41) is 2.48. The van der Waals surface area contributed by atoms with Gasteiger partial charge in [-0.3, -0.25) is 19.8 Å². The Morgan fingerprint density at radius 1 is 1.04 bits per heavy atom. The SMILES string of the molecule is CC(C)c1ccc(/C=C2/C(=O)NC(=S)N(c3ccc(F)cc3)C2=O)cc1. The minimum atomic E-state index is -0.550. The van der Waals surface area contributed by atoms with Gasteiger partial charge >= 0.3 is 0 Å². The van der Waals surface area contributed by atoms with Gasteiger partial charge in [0.2, 0.25) is 0 Å². The Morgan fingerprint density at radius 2 is 1.65 bits per heavy atom. The maximum absolute atomic E-state index is 13.1. The summed E-state index contributed by atoms with van der Waals surface area (Å²) in [5.74, 6) is -1.12. The first-order chi connectivity index (χ1) is 12.4. The molecule has 1 heterocycles. The van der Waals surface area contributed by atoms with Crippen LogP contribution in [0.1, 0.15) is 30.9 Å². The number of anilines is 1. The minimum Gasteiger partial charge on any atom is -0.298 e. The van der Waals surface area contributed by atoms with Gasteiger partial charge in [0, 0.05) is 0 Å². The molecular formula is C20H17FN2O2S. The van der Waals surface area contributed by atoms with Crippen LogP contribution in [0.25, 0.3) is 6.08 Å². The molecule has 6 heteroatoms. The maximum atomic E-state index is 13.1. The van der Waals surface area contributed by atoms with E-state index in [4.69, 9.17) is 12.2 Å². The first-order valence-electron chi connectivity index (χ1n) is 8.14. The number of benzene rings is 2. The topological polar surface area (TPSA) is 49.4 Å². The molecule has 1 aliphatic rings. The molecule has 0 saturated carbocycles. The number of carbonyl (C=O) groups is 2. The number of rotatable bonds is 3. The first kappa shape index (κ1) is 17.9. The average Bonchev–Trinajstić information content (AvgIpc) is 2.60. The van der Waals surface area contributed by atoms with E-state index >= 15 is 0 Å². The van der Waals surface area contributed by atoms with E-state index in [-0.39, 0.29) is 10.7 Å². The highest BCUT2D eigenvalue weighted by Crippen LogP contribution is 2.23. The zero-order valence-corrected chi connectivity index (χ0v) is 15.1. The maximum Gasteiger partial charge on any atom is 0.270 e. The highest BCUT2D eigenvalue weighted by atomic mass is 32.1. The Hall–Kier alpha value is -2.86. The smallest absolute Gasteiger partial charge is 0.270 e. The second-order valence-corrected chi connectivity index (χ2v) is 6.64. The predicted molar refractivity (Wildman–Crippen MR) is 103 cm³/mol. The van der Waals surface area contributed by atoms with E-state index in [1.807, 2.05) is 24.3 Å². The third-order valence-corrected chi connectivity index (χ3v) is 4.39. The quantitative estimate of drug-likeness (QED) is 0.510. The Kier molecular flexibility index (Phi) is 4.95. The van der Waals surface area contributed by atoms with Crippen LogP contribution in [-0.4, -0.2) is 16.9 Å². The Morgan fingerprint density at radius 3 is 2.23 bits per heavy atom. The lowest BCUT2D eigenvalue weighted by molar-refractivity contribution is -0.122. The average molecular weight is 368 g/mol. The summed E-state index contributed by atoms with van der Waals surface area (Å²) >= 11 is 5.11. The zero-order chi connectivity index (χ0) is 18.8. The Bertz CT molecular complexity index is 902. The van der Waals surface area contributed by atoms with Crippen molar-refractivity contribution in [2.24, 2.45) is 0 Å². The molecule has 0 spiro atoms. The van der Waals surface area contributed by atoms with Crippen molar-refractivity contribution in [1.82, 2.24) is 5.32 Å². The van der Waals surface area contributed by atoms with Crippen LogP contribution in [-0.2, 0) is 9.59 Å². The lowest BCUT2D eigenvalue weighted by Gasteiger charge is -2.28. The summed E-state index contributed by atoms with van der Waals surface area (Å²) < 4.78 is 13.1. The molecular weight excluding hydrogens is 351 g/mol. The van der Waals surface area contributed by atoms with E-state index in [9.17, 15) is 14.0 Å². The number of carbonyl (C=O) groups excluding carboxylic acids is 2. The Balaban J connectivity index is 1.95. The highest BCUT2D eigenvalue weighted by Gasteiger charge is 2.34. The fourth-order valence-corrected chi connectivity index (χ4v) is 2.91. The number of amides is 2. The number of hydrogen-bond donors (Lipinski definition) is 1. The lowest BCUT2D eigenvalue weighted by atomic mass is 10.0. The third-order valence-electron chi connectivity index (χ3n) is 4.10. The molecule has 0 bridgehead atoms. The molecule has 0 aliphatic carbocycles. The van der Waals surface area contributed by atoms with E-state index in [2.05, 4.69) is 19.2 Å². The highest BCUT2D eigenvalue weighted by molar-refractivity contribution is 7.80. The lowest BCUT2D eigenvalue weighted by Crippen LogP contribution is -2.54. The van der Waals surface area contributed by atoms with Crippen LogP contribution in [0.15, 0.2) is 54.1 Å². The van der Waals surface area contributed by atoms with Crippen LogP contribution < -0.4 is 10.2 Å². The van der Waals surface area contributed by atoms with Gasteiger partial charge in [-0.1, -0.05) is 38.1 Å². The summed E-state index contributed by atoms with van der Waals surface area (Å²) in [6.07, 6.45) is 1.53. The van der Waals surface area contributed by atoms with E-state index in [0.29, 0.717) is 11.6 Å². The second kappa shape index (κ2) is 7.17. The van der Waals surface area contributed by atoms with Gasteiger partial charge in [-0.15, -0.1) is 0 Å². The number of halogens is 1. The van der Waals surface area contributed by atoms with Crippen molar-refractivity contribution in [2.75, 3.05) is 4.90 Å². The predicted octanol–water partition coefficient (Wildman–Crippen LogP) is 3.78. The largest absolute Gasteiger partial charge is 0.298 e. The van der Waals surface area contributed by atoms with Crippen LogP contribution in [0.4, 0.5) is 10.1 Å². The van der Waals surface area contributed by atoms with Crippen LogP contribution in [0, 0.1) is 5.82 Å². The molecule has 1 fully saturated rings. The van der Waals surface area contributed by atoms with Crippen LogP contribution in [0.2, 0.25) is 0 Å². The van der Waals surface area contributed by atoms with Crippen molar-refractivity contribution >= 4 is 40.9 Å². The van der Waals surface area contributed by atoms with Gasteiger partial charge in [0.05, 0.1) is 5.69 Å². The molecule has 2 aromatic rings. The number of thiocarbonyl (C=S) groups is 1. The Labute approximate surface area is 156 Å². The van der Waals surface area contributed by atoms with E-state index in [0.717, 1.165) is 5.56 Å². The van der Waals surface area contributed by atoms with Gasteiger partial charge < -0.3 is 0 Å². The molecule has 1 N–H and O–H groups in total. The van der Waals surface area contributed by atoms with E-state index < -0.39 is 17.6 Å². The second-order valence-electron chi connectivity index (χ2n) is 6.26. The molecule has 0 unspecified atom stereocenters. The van der Waals surface area contributed by atoms with Gasteiger partial charge in [0.15, 0.2) is 5.11 Å². The molecule has 0 atom stereocenters. The standard InChI is InChI=1S/C20H17FN2O2S/c1-12(2)14-5-3-13(4-6-14)11-17-18(24)22-20(26)23(19(17)25)16-9-7-15(21)8-10-16/h3-12H,1-2H3,(H,22,24,26)/b17-11-. The summed E-state index contributed by atoms with van der Waals surface area (Å²) in [4.78, 5) is 26.3. The molecule has 3 rings (SSSR count). The van der Waals surface area contributed by atoms with Gasteiger partial charge in [-0.25, -0.2) is 4.39 Å². The van der Waals surface area contributed by atoms with Crippen LogP contribution >= 0.6 is 12.2 Å². The zero-order valence-electron chi connectivity index (χ0n) is 14.3. The summed E-state index contributed by atoms with van der Waals surface area (Å²) in [6.45, 7) is 4.18. The van der Waals surface area contributed by atoms with Crippen molar-refractivity contribution in [1.29, 1.82) is 0 Å². The summed E-state index contributed by atoms with van der Waals surface area (Å²) in [7, 11) is 0. The summed E-state index contributed by atoms with van der Waals surface area (Å²) in [6, 6.07) is 13.0. The molecule has 2 aromatic carbocycles. The first-order valence-corrected chi connectivity index (χ1v) is 8.54. The molecule has 1 saturated heterocycles. The van der Waals surface area contributed by atoms with Gasteiger partial charge in [-0.05, 0) is 59.6 Å². The van der Waals surface area contributed by atoms with Gasteiger partial charge in [0.1, 0.15) is 11.4 Å². The van der Waals surface area contributed by atoms with Crippen molar-refractivity contribution in [3.8, 4) is 0 Å². The molecule has 26 heavy (non-hydrogen) atoms. The van der Waals surface area contributed by atoms with Gasteiger partial charge in [-0.2, -0.15) is 0 Å². The normalized spacial score (nSPS) is 16.4. The molecule has 4 nitrogen and oxygen atoms in total. The molecule has 1 aliphatic heterocycles.